The summed E-state index contributed by atoms with van der Waals surface area (Å²) in [4.78, 5) is 15.7. The molecule has 0 spiro atoms. The van der Waals surface area contributed by atoms with Crippen molar-refractivity contribution in [2.75, 3.05) is 11.1 Å². The minimum atomic E-state index is -0.144. The first-order chi connectivity index (χ1) is 14.4. The molecule has 7 nitrogen and oxygen atoms in total. The van der Waals surface area contributed by atoms with Gasteiger partial charge in [-0.05, 0) is 35.9 Å². The van der Waals surface area contributed by atoms with Crippen LogP contribution in [-0.4, -0.2) is 25.7 Å². The van der Waals surface area contributed by atoms with Crippen molar-refractivity contribution in [3.63, 3.8) is 0 Å². The van der Waals surface area contributed by atoms with Gasteiger partial charge in [0.25, 0.3) is 0 Å². The van der Waals surface area contributed by atoms with Crippen LogP contribution in [0, 0.1) is 0 Å². The summed E-state index contributed by atoms with van der Waals surface area (Å²) in [6.45, 7) is 1.46. The molecule has 2 aromatic heterocycles. The molecule has 0 aliphatic rings. The highest BCUT2D eigenvalue weighted by atomic mass is 35.5. The lowest BCUT2D eigenvalue weighted by atomic mass is 10.0. The van der Waals surface area contributed by atoms with Crippen molar-refractivity contribution in [1.82, 2.24) is 19.7 Å². The molecule has 3 N–H and O–H groups in total. The SMILES string of the molecule is CC(=O)Nc1cccc(-c2cnc(N)c(-c3nncn3-c3cccc(Cl)c3Cl)c2)c1. The number of carbonyl (C=O) groups excluding carboxylic acids is 1. The van der Waals surface area contributed by atoms with Crippen LogP contribution in [0.15, 0.2) is 61.1 Å². The van der Waals surface area contributed by atoms with Gasteiger partial charge in [-0.25, -0.2) is 4.98 Å². The zero-order valence-electron chi connectivity index (χ0n) is 15.8. The van der Waals surface area contributed by atoms with Crippen molar-refractivity contribution in [2.24, 2.45) is 0 Å². The zero-order valence-corrected chi connectivity index (χ0v) is 17.3. The fraction of sp³-hybridized carbons (Fsp3) is 0.0476. The maximum absolute atomic E-state index is 11.4. The van der Waals surface area contributed by atoms with Crippen LogP contribution >= 0.6 is 23.2 Å². The molecule has 150 valence electrons. The van der Waals surface area contributed by atoms with Gasteiger partial charge in [0.2, 0.25) is 5.91 Å². The molecule has 2 heterocycles. The summed E-state index contributed by atoms with van der Waals surface area (Å²) in [5.74, 6) is 0.628. The van der Waals surface area contributed by atoms with Gasteiger partial charge in [-0.3, -0.25) is 9.36 Å². The lowest BCUT2D eigenvalue weighted by Crippen LogP contribution is -2.05. The van der Waals surface area contributed by atoms with Gasteiger partial charge in [-0.1, -0.05) is 41.4 Å². The van der Waals surface area contributed by atoms with Crippen LogP contribution in [0.25, 0.3) is 28.2 Å². The number of pyridine rings is 1. The van der Waals surface area contributed by atoms with Crippen LogP contribution in [0.5, 0.6) is 0 Å². The Morgan fingerprint density at radius 2 is 1.90 bits per heavy atom. The fourth-order valence-electron chi connectivity index (χ4n) is 3.07. The van der Waals surface area contributed by atoms with Crippen LogP contribution in [0.2, 0.25) is 10.0 Å². The molecule has 0 unspecified atom stereocenters. The number of hydrogen-bond donors (Lipinski definition) is 2. The Hall–Kier alpha value is -3.42. The van der Waals surface area contributed by atoms with E-state index in [0.29, 0.717) is 38.6 Å². The summed E-state index contributed by atoms with van der Waals surface area (Å²) in [6, 6.07) is 14.6. The van der Waals surface area contributed by atoms with Crippen LogP contribution in [0.1, 0.15) is 6.92 Å². The molecule has 9 heteroatoms. The summed E-state index contributed by atoms with van der Waals surface area (Å²) < 4.78 is 1.71. The molecular weight excluding hydrogens is 423 g/mol. The summed E-state index contributed by atoms with van der Waals surface area (Å²) in [6.07, 6.45) is 3.20. The first-order valence-electron chi connectivity index (χ1n) is 8.92. The van der Waals surface area contributed by atoms with Gasteiger partial charge in [0.05, 0.1) is 21.3 Å². The first kappa shape index (κ1) is 19.9. The molecule has 0 radical (unpaired) electrons. The predicted octanol–water partition coefficient (Wildman–Crippen LogP) is 4.84. The zero-order chi connectivity index (χ0) is 21.3. The number of nitrogens with one attached hydrogen (secondary N) is 1. The topological polar surface area (TPSA) is 98.7 Å². The molecule has 2 aromatic carbocycles. The molecule has 4 rings (SSSR count). The Morgan fingerprint density at radius 3 is 2.70 bits per heavy atom. The van der Waals surface area contributed by atoms with Gasteiger partial charge in [-0.2, -0.15) is 0 Å². The van der Waals surface area contributed by atoms with E-state index < -0.39 is 0 Å². The third kappa shape index (κ3) is 3.85. The Bertz CT molecular complexity index is 1250. The molecule has 4 aromatic rings. The Morgan fingerprint density at radius 1 is 1.10 bits per heavy atom. The largest absolute Gasteiger partial charge is 0.383 e. The van der Waals surface area contributed by atoms with Crippen molar-refractivity contribution in [2.45, 2.75) is 6.92 Å². The molecular formula is C21H16Cl2N6O. The Labute approximate surface area is 182 Å². The van der Waals surface area contributed by atoms with Crippen molar-refractivity contribution in [1.29, 1.82) is 0 Å². The highest BCUT2D eigenvalue weighted by Gasteiger charge is 2.17. The maximum Gasteiger partial charge on any atom is 0.221 e. The van der Waals surface area contributed by atoms with Crippen molar-refractivity contribution in [3.05, 3.63) is 71.1 Å². The van der Waals surface area contributed by atoms with Crippen LogP contribution in [0.4, 0.5) is 11.5 Å². The number of nitrogens with zero attached hydrogens (tertiary/aromatic N) is 4. The normalized spacial score (nSPS) is 10.8. The molecule has 0 saturated heterocycles. The first-order valence-corrected chi connectivity index (χ1v) is 9.68. The van der Waals surface area contributed by atoms with Crippen molar-refractivity contribution >= 4 is 40.6 Å². The second-order valence-electron chi connectivity index (χ2n) is 6.52. The van der Waals surface area contributed by atoms with E-state index in [4.69, 9.17) is 28.9 Å². The number of halogens is 2. The molecule has 1 amide bonds. The third-order valence-corrected chi connectivity index (χ3v) is 5.22. The average Bonchev–Trinajstić information content (AvgIpc) is 3.19. The maximum atomic E-state index is 11.4. The van der Waals surface area contributed by atoms with Gasteiger partial charge in [0.1, 0.15) is 12.1 Å². The molecule has 0 aliphatic carbocycles. The number of anilines is 2. The van der Waals surface area contributed by atoms with E-state index in [-0.39, 0.29) is 5.91 Å². The van der Waals surface area contributed by atoms with Crippen molar-refractivity contribution < 1.29 is 4.79 Å². The quantitative estimate of drug-likeness (QED) is 0.474. The highest BCUT2D eigenvalue weighted by molar-refractivity contribution is 6.43. The third-order valence-electron chi connectivity index (χ3n) is 4.41. The van der Waals surface area contributed by atoms with E-state index >= 15 is 0 Å². The Kier molecular flexibility index (Phi) is 5.39. The van der Waals surface area contributed by atoms with E-state index in [9.17, 15) is 4.79 Å². The summed E-state index contributed by atoms with van der Waals surface area (Å²) in [5.41, 5.74) is 9.73. The number of rotatable bonds is 4. The number of nitrogens with two attached hydrogens (primary N) is 1. The summed E-state index contributed by atoms with van der Waals surface area (Å²) in [7, 11) is 0. The second-order valence-corrected chi connectivity index (χ2v) is 7.30. The number of nitrogen functional groups attached to an aromatic ring is 1. The molecule has 0 bridgehead atoms. The number of amides is 1. The molecule has 0 saturated carbocycles. The lowest BCUT2D eigenvalue weighted by molar-refractivity contribution is -0.114. The number of benzene rings is 2. The fourth-order valence-corrected chi connectivity index (χ4v) is 3.45. The van der Waals surface area contributed by atoms with Gasteiger partial charge in [0, 0.05) is 24.4 Å². The monoisotopic (exact) mass is 438 g/mol. The number of hydrogen-bond acceptors (Lipinski definition) is 5. The average molecular weight is 439 g/mol. The van der Waals surface area contributed by atoms with E-state index in [1.165, 1.54) is 13.3 Å². The van der Waals surface area contributed by atoms with E-state index in [2.05, 4.69) is 20.5 Å². The Balaban J connectivity index is 1.81. The minimum absolute atomic E-state index is 0.144. The van der Waals surface area contributed by atoms with E-state index in [0.717, 1.165) is 11.1 Å². The predicted molar refractivity (Wildman–Crippen MR) is 119 cm³/mol. The highest BCUT2D eigenvalue weighted by Crippen LogP contribution is 2.34. The van der Waals surface area contributed by atoms with Crippen molar-refractivity contribution in [3.8, 4) is 28.2 Å². The van der Waals surface area contributed by atoms with Crippen LogP contribution in [0.3, 0.4) is 0 Å². The second kappa shape index (κ2) is 8.14. The summed E-state index contributed by atoms with van der Waals surface area (Å²) in [5, 5.41) is 11.8. The number of aromatic nitrogens is 4. The van der Waals surface area contributed by atoms with Gasteiger partial charge >= 0.3 is 0 Å². The standard InChI is InChI=1S/C21H16Cl2N6O/c1-12(30)27-15-5-2-4-13(8-15)14-9-16(20(24)25-10-14)21-28-26-11-29(21)18-7-3-6-17(22)19(18)23/h2-11H,1H3,(H2,24,25)(H,27,30). The number of carbonyl (C=O) groups is 1. The lowest BCUT2D eigenvalue weighted by Gasteiger charge is -2.12. The molecule has 0 atom stereocenters. The molecule has 0 aliphatic heterocycles. The molecule has 30 heavy (non-hydrogen) atoms. The van der Waals surface area contributed by atoms with Crippen LogP contribution in [-0.2, 0) is 4.79 Å². The van der Waals surface area contributed by atoms with Crippen LogP contribution < -0.4 is 11.1 Å². The smallest absolute Gasteiger partial charge is 0.221 e. The van der Waals surface area contributed by atoms with E-state index in [1.54, 1.807) is 22.9 Å². The summed E-state index contributed by atoms with van der Waals surface area (Å²) >= 11 is 12.5. The minimum Gasteiger partial charge on any atom is -0.383 e. The van der Waals surface area contributed by atoms with E-state index in [1.807, 2.05) is 36.4 Å². The van der Waals surface area contributed by atoms with Gasteiger partial charge in [0.15, 0.2) is 5.82 Å². The molecule has 0 fully saturated rings. The van der Waals surface area contributed by atoms with Gasteiger partial charge in [-0.15, -0.1) is 10.2 Å². The van der Waals surface area contributed by atoms with Gasteiger partial charge < -0.3 is 11.1 Å².